The van der Waals surface area contributed by atoms with Gasteiger partial charge < -0.3 is 0 Å². The van der Waals surface area contributed by atoms with E-state index in [9.17, 15) is 0 Å². The van der Waals surface area contributed by atoms with Crippen LogP contribution in [0.1, 0.15) is 90.4 Å². The molecule has 3 rings (SSSR count). The van der Waals surface area contributed by atoms with Crippen LogP contribution in [0.5, 0.6) is 0 Å². The molecular weight excluding hydrogens is 554 g/mol. The molecule has 0 bridgehead atoms. The number of hydrogen-bond donors (Lipinski definition) is 0. The molecule has 0 aliphatic heterocycles. The van der Waals surface area contributed by atoms with Crippen molar-refractivity contribution in [1.82, 2.24) is 0 Å². The van der Waals surface area contributed by atoms with Crippen LogP contribution in [0.2, 0.25) is 0 Å². The van der Waals surface area contributed by atoms with Gasteiger partial charge in [0.05, 0.1) is 0 Å². The van der Waals surface area contributed by atoms with Crippen molar-refractivity contribution in [2.75, 3.05) is 6.16 Å². The zero-order chi connectivity index (χ0) is 24.7. The molecule has 0 heterocycles. The third-order valence-electron chi connectivity index (χ3n) is 7.57. The molecule has 0 saturated carbocycles. The summed E-state index contributed by atoms with van der Waals surface area (Å²) in [5.74, 6) is 0. The summed E-state index contributed by atoms with van der Waals surface area (Å²) in [6.45, 7) is 2.30. The number of rotatable bonds is 17. The Bertz CT molecular complexity index is 839. The van der Waals surface area contributed by atoms with Gasteiger partial charge in [0, 0.05) is 0 Å². The number of halogens is 1. The minimum atomic E-state index is -2.57. The standard InChI is InChI=1S/C33H46IP/c1-2-3-4-5-6-7-8-9-10-11-12-13-23-30-35(34,31-24-17-14-18-25-31,32-26-19-15-20-27-32)33-28-21-16-22-29-33/h14-22,24-29H,2-13,23,30H2,1H3. The Kier molecular flexibility index (Phi) is 12.3. The molecule has 0 nitrogen and oxygen atoms in total. The fourth-order valence-corrected chi connectivity index (χ4v) is 14.3. The second-order valence-corrected chi connectivity index (χ2v) is 20.9. The first-order chi connectivity index (χ1) is 17.2. The van der Waals surface area contributed by atoms with Gasteiger partial charge in [0.15, 0.2) is 0 Å². The Labute approximate surface area is 228 Å². The van der Waals surface area contributed by atoms with Gasteiger partial charge in [-0.3, -0.25) is 0 Å². The summed E-state index contributed by atoms with van der Waals surface area (Å²) in [6, 6.07) is 34.1. The third kappa shape index (κ3) is 7.65. The van der Waals surface area contributed by atoms with E-state index in [1.807, 2.05) is 0 Å². The van der Waals surface area contributed by atoms with Gasteiger partial charge in [-0.1, -0.05) is 19.8 Å². The predicted octanol–water partition coefficient (Wildman–Crippen LogP) is 9.96. The van der Waals surface area contributed by atoms with Crippen molar-refractivity contribution in [3.05, 3.63) is 91.0 Å². The number of unbranched alkanes of at least 4 members (excludes halogenated alkanes) is 12. The molecule has 0 N–H and O–H groups in total. The maximum absolute atomic E-state index is 2.93. The normalized spacial score (nSPS) is 12.8. The maximum atomic E-state index is 2.93. The van der Waals surface area contributed by atoms with Crippen LogP contribution in [0, 0.1) is 0 Å². The van der Waals surface area contributed by atoms with Crippen LogP contribution < -0.4 is 15.9 Å². The fraction of sp³-hybridized carbons (Fsp3) is 0.455. The molecule has 0 aromatic heterocycles. The third-order valence-corrected chi connectivity index (χ3v) is 19.3. The van der Waals surface area contributed by atoms with Crippen LogP contribution in [-0.2, 0) is 0 Å². The van der Waals surface area contributed by atoms with Gasteiger partial charge in [-0.15, -0.1) is 0 Å². The second-order valence-electron chi connectivity index (χ2n) is 10.2. The Morgan fingerprint density at radius 3 is 1.03 bits per heavy atom. The van der Waals surface area contributed by atoms with Gasteiger partial charge in [-0.25, -0.2) is 0 Å². The van der Waals surface area contributed by atoms with Crippen LogP contribution in [0.4, 0.5) is 0 Å². The Morgan fingerprint density at radius 1 is 0.429 bits per heavy atom. The first-order valence-corrected chi connectivity index (χ1v) is 19.3. The predicted molar refractivity (Wildman–Crippen MR) is 170 cm³/mol. The first kappa shape index (κ1) is 28.4. The van der Waals surface area contributed by atoms with Crippen molar-refractivity contribution >= 4 is 42.2 Å². The van der Waals surface area contributed by atoms with Crippen LogP contribution in [0.25, 0.3) is 0 Å². The summed E-state index contributed by atoms with van der Waals surface area (Å²) < 4.78 is -2.57. The monoisotopic (exact) mass is 600 g/mol. The molecule has 0 saturated heterocycles. The van der Waals surface area contributed by atoms with Gasteiger partial charge >= 0.3 is 210 Å². The Hall–Kier alpha value is -1.18. The van der Waals surface area contributed by atoms with Crippen LogP contribution in [-0.4, -0.2) is 6.16 Å². The first-order valence-electron chi connectivity index (χ1n) is 14.1. The van der Waals surface area contributed by atoms with E-state index in [0.29, 0.717) is 0 Å². The molecule has 35 heavy (non-hydrogen) atoms. The number of benzene rings is 3. The molecule has 0 aliphatic carbocycles. The molecule has 0 fully saturated rings. The van der Waals surface area contributed by atoms with E-state index in [1.54, 1.807) is 0 Å². The topological polar surface area (TPSA) is 0 Å². The van der Waals surface area contributed by atoms with Gasteiger partial charge in [0.1, 0.15) is 0 Å². The van der Waals surface area contributed by atoms with Gasteiger partial charge in [-0.2, -0.15) is 0 Å². The van der Waals surface area contributed by atoms with Gasteiger partial charge in [0.25, 0.3) is 0 Å². The Balaban J connectivity index is 1.60. The van der Waals surface area contributed by atoms with Crippen molar-refractivity contribution in [1.29, 1.82) is 0 Å². The van der Waals surface area contributed by atoms with Crippen LogP contribution in [0.3, 0.4) is 0 Å². The van der Waals surface area contributed by atoms with Crippen LogP contribution >= 0.6 is 26.3 Å². The molecule has 0 atom stereocenters. The molecule has 2 heteroatoms. The Morgan fingerprint density at radius 2 is 0.714 bits per heavy atom. The molecule has 0 spiro atoms. The van der Waals surface area contributed by atoms with Crippen molar-refractivity contribution in [2.45, 2.75) is 90.4 Å². The second kappa shape index (κ2) is 15.2. The van der Waals surface area contributed by atoms with E-state index in [4.69, 9.17) is 0 Å². The summed E-state index contributed by atoms with van der Waals surface area (Å²) in [5, 5.41) is 4.53. The SMILES string of the molecule is CCCCCCCCCCCCCCCP(I)(c1ccccc1)(c1ccccc1)c1ccccc1. The van der Waals surface area contributed by atoms with Crippen molar-refractivity contribution in [3.8, 4) is 0 Å². The van der Waals surface area contributed by atoms with Gasteiger partial charge in [-0.05, 0) is 0 Å². The minimum absolute atomic E-state index is 1.24. The van der Waals surface area contributed by atoms with E-state index in [1.165, 1.54) is 106 Å². The van der Waals surface area contributed by atoms with Crippen LogP contribution in [0.15, 0.2) is 91.0 Å². The van der Waals surface area contributed by atoms with E-state index in [0.717, 1.165) is 0 Å². The van der Waals surface area contributed by atoms with Crippen molar-refractivity contribution in [2.24, 2.45) is 0 Å². The van der Waals surface area contributed by atoms with Crippen molar-refractivity contribution in [3.63, 3.8) is 0 Å². The zero-order valence-corrected chi connectivity index (χ0v) is 24.9. The molecule has 3 aromatic carbocycles. The quantitative estimate of drug-likeness (QED) is 0.0822. The average Bonchev–Trinajstić information content (AvgIpc) is 2.93. The van der Waals surface area contributed by atoms with Crippen molar-refractivity contribution < 1.29 is 0 Å². The summed E-state index contributed by atoms with van der Waals surface area (Å²) in [6.07, 6.45) is 19.5. The van der Waals surface area contributed by atoms with E-state index in [-0.39, 0.29) is 0 Å². The zero-order valence-electron chi connectivity index (χ0n) is 21.9. The van der Waals surface area contributed by atoms with E-state index < -0.39 is 4.25 Å². The molecule has 0 aliphatic rings. The molecule has 190 valence electrons. The summed E-state index contributed by atoms with van der Waals surface area (Å²) in [4.78, 5) is 0. The average molecular weight is 601 g/mol. The van der Waals surface area contributed by atoms with E-state index >= 15 is 0 Å². The van der Waals surface area contributed by atoms with Gasteiger partial charge in [0.2, 0.25) is 0 Å². The number of hydrogen-bond acceptors (Lipinski definition) is 0. The molecular formula is C33H46IP. The summed E-state index contributed by atoms with van der Waals surface area (Å²) in [5.41, 5.74) is 0. The van der Waals surface area contributed by atoms with E-state index in [2.05, 4.69) is 120 Å². The molecule has 0 unspecified atom stereocenters. The summed E-state index contributed by atoms with van der Waals surface area (Å²) >= 11 is 2.93. The fourth-order valence-electron chi connectivity index (χ4n) is 5.48. The molecule has 0 radical (unpaired) electrons. The molecule has 3 aromatic rings. The summed E-state index contributed by atoms with van der Waals surface area (Å²) in [7, 11) is 0. The molecule has 0 amide bonds.